The molecule has 2 aliphatic rings. The predicted octanol–water partition coefficient (Wildman–Crippen LogP) is 2.76. The molecule has 1 aliphatic heterocycles. The van der Waals surface area contributed by atoms with E-state index < -0.39 is 36.0 Å². The van der Waals surface area contributed by atoms with Crippen LogP contribution >= 0.6 is 0 Å². The van der Waals surface area contributed by atoms with Crippen LogP contribution in [0.5, 0.6) is 0 Å². The summed E-state index contributed by atoms with van der Waals surface area (Å²) in [6, 6.07) is 0. The van der Waals surface area contributed by atoms with Gasteiger partial charge in [-0.05, 0) is 44.4 Å². The van der Waals surface area contributed by atoms with Crippen molar-refractivity contribution in [2.24, 2.45) is 5.92 Å². The predicted molar refractivity (Wildman–Crippen MR) is 105 cm³/mol. The zero-order valence-corrected chi connectivity index (χ0v) is 16.9. The lowest BCUT2D eigenvalue weighted by Crippen LogP contribution is -2.34. The first-order valence-corrected chi connectivity index (χ1v) is 9.45. The lowest BCUT2D eigenvalue weighted by molar-refractivity contribution is -0.147. The minimum Gasteiger partial charge on any atom is -0.462 e. The maximum absolute atomic E-state index is 12.6. The van der Waals surface area contributed by atoms with Crippen LogP contribution in [0, 0.1) is 5.92 Å². The smallest absolute Gasteiger partial charge is 0.334 e. The van der Waals surface area contributed by atoms with Crippen LogP contribution in [0.4, 0.5) is 0 Å². The van der Waals surface area contributed by atoms with E-state index in [1.54, 1.807) is 0 Å². The van der Waals surface area contributed by atoms with Crippen molar-refractivity contribution in [1.82, 2.24) is 0 Å². The Morgan fingerprint density at radius 2 is 2.07 bits per heavy atom. The van der Waals surface area contributed by atoms with Gasteiger partial charge < -0.3 is 14.2 Å². The topological polar surface area (TPSA) is 96.0 Å². The highest BCUT2D eigenvalue weighted by molar-refractivity contribution is 5.92. The van der Waals surface area contributed by atoms with E-state index in [4.69, 9.17) is 14.2 Å². The van der Waals surface area contributed by atoms with Crippen molar-refractivity contribution in [3.05, 3.63) is 47.1 Å². The highest BCUT2D eigenvalue weighted by Gasteiger charge is 2.44. The zero-order chi connectivity index (χ0) is 21.6. The molecule has 0 radical (unpaired) electrons. The number of carbonyl (C=O) groups is 4. The first kappa shape index (κ1) is 22.3. The largest absolute Gasteiger partial charge is 0.462 e. The highest BCUT2D eigenvalue weighted by Crippen LogP contribution is 2.36. The Hall–Kier alpha value is -2.96. The van der Waals surface area contributed by atoms with Crippen LogP contribution < -0.4 is 0 Å². The van der Waals surface area contributed by atoms with Gasteiger partial charge in [0.1, 0.15) is 25.1 Å². The molecule has 0 amide bonds. The Labute approximate surface area is 170 Å². The van der Waals surface area contributed by atoms with E-state index in [-0.39, 0.29) is 24.2 Å². The molecule has 0 saturated carbocycles. The molecular formula is C22H26O7. The molecule has 7 heteroatoms. The lowest BCUT2D eigenvalue weighted by Gasteiger charge is -2.27. The molecule has 0 aromatic carbocycles. The molecule has 7 nitrogen and oxygen atoms in total. The average molecular weight is 402 g/mol. The second-order valence-electron chi connectivity index (χ2n) is 7.21. The molecule has 1 heterocycles. The molecule has 0 aromatic heterocycles. The Bertz CT molecular complexity index is 800. The van der Waals surface area contributed by atoms with Crippen molar-refractivity contribution in [3.63, 3.8) is 0 Å². The van der Waals surface area contributed by atoms with Crippen molar-refractivity contribution < 1.29 is 33.4 Å². The number of allylic oxidation sites excluding steroid dienone is 2. The molecule has 0 spiro atoms. The number of fused-ring (bicyclic) bond motifs is 1. The van der Waals surface area contributed by atoms with Gasteiger partial charge in [-0.25, -0.2) is 9.59 Å². The minimum atomic E-state index is -0.804. The van der Waals surface area contributed by atoms with Gasteiger partial charge in [0.25, 0.3) is 0 Å². The summed E-state index contributed by atoms with van der Waals surface area (Å²) in [5.74, 6) is -2.22. The summed E-state index contributed by atoms with van der Waals surface area (Å²) in [6.45, 7) is 8.49. The highest BCUT2D eigenvalue weighted by atomic mass is 16.6. The third kappa shape index (κ3) is 6.01. The van der Waals surface area contributed by atoms with Crippen LogP contribution in [0.3, 0.4) is 0 Å². The molecule has 3 unspecified atom stereocenters. The number of rotatable bonds is 5. The fourth-order valence-corrected chi connectivity index (χ4v) is 3.28. The van der Waals surface area contributed by atoms with Crippen molar-refractivity contribution in [1.29, 1.82) is 0 Å². The van der Waals surface area contributed by atoms with Crippen LogP contribution in [0.2, 0.25) is 0 Å². The van der Waals surface area contributed by atoms with E-state index in [1.807, 2.05) is 19.1 Å². The molecule has 1 saturated heterocycles. The molecule has 3 atom stereocenters. The standard InChI is InChI=1S/C22H26O7/c1-13-6-5-7-17(12-23)11-19(20-15(3)22(26)29-18(20)10-13)28-21(25)14(2)8-9-27-16(4)24/h7-8,10,12,18-20H,3,5-6,9,11H2,1-2,4H3. The molecule has 2 rings (SSSR count). The number of hydrogen-bond acceptors (Lipinski definition) is 7. The summed E-state index contributed by atoms with van der Waals surface area (Å²) in [5.41, 5.74) is 1.96. The summed E-state index contributed by atoms with van der Waals surface area (Å²) < 4.78 is 15.9. The van der Waals surface area contributed by atoms with Gasteiger partial charge in [-0.3, -0.25) is 9.59 Å². The van der Waals surface area contributed by atoms with E-state index >= 15 is 0 Å². The second-order valence-corrected chi connectivity index (χ2v) is 7.21. The number of carbonyl (C=O) groups excluding carboxylic acids is 4. The van der Waals surface area contributed by atoms with Gasteiger partial charge in [-0.1, -0.05) is 18.2 Å². The third-order valence-electron chi connectivity index (χ3n) is 4.90. The zero-order valence-electron chi connectivity index (χ0n) is 16.9. The Balaban J connectivity index is 2.30. The minimum absolute atomic E-state index is 0.0529. The van der Waals surface area contributed by atoms with Gasteiger partial charge in [-0.15, -0.1) is 0 Å². The fraction of sp³-hybridized carbons (Fsp3) is 0.455. The van der Waals surface area contributed by atoms with Gasteiger partial charge in [-0.2, -0.15) is 0 Å². The molecule has 29 heavy (non-hydrogen) atoms. The van der Waals surface area contributed by atoms with Gasteiger partial charge in [0.05, 0.1) is 5.92 Å². The van der Waals surface area contributed by atoms with Gasteiger partial charge in [0, 0.05) is 24.5 Å². The molecule has 1 aliphatic carbocycles. The van der Waals surface area contributed by atoms with Gasteiger partial charge in [0.2, 0.25) is 0 Å². The Kier molecular flexibility index (Phi) is 7.70. The molecule has 0 bridgehead atoms. The van der Waals surface area contributed by atoms with Crippen LogP contribution in [-0.4, -0.2) is 43.0 Å². The van der Waals surface area contributed by atoms with Crippen LogP contribution in [0.15, 0.2) is 47.1 Å². The Morgan fingerprint density at radius 3 is 2.72 bits per heavy atom. The van der Waals surface area contributed by atoms with Crippen molar-refractivity contribution in [2.45, 2.75) is 52.2 Å². The monoisotopic (exact) mass is 402 g/mol. The number of aldehydes is 1. The van der Waals surface area contributed by atoms with Crippen molar-refractivity contribution in [3.8, 4) is 0 Å². The molecule has 0 N–H and O–H groups in total. The van der Waals surface area contributed by atoms with Gasteiger partial charge >= 0.3 is 17.9 Å². The summed E-state index contributed by atoms with van der Waals surface area (Å²) in [5, 5.41) is 0. The molecule has 1 fully saturated rings. The first-order valence-electron chi connectivity index (χ1n) is 9.45. The van der Waals surface area contributed by atoms with E-state index in [0.717, 1.165) is 18.3 Å². The maximum Gasteiger partial charge on any atom is 0.334 e. The number of ether oxygens (including phenoxy) is 3. The molecule has 156 valence electrons. The quantitative estimate of drug-likeness (QED) is 0.229. The normalized spacial score (nSPS) is 25.2. The summed E-state index contributed by atoms with van der Waals surface area (Å²) >= 11 is 0. The summed E-state index contributed by atoms with van der Waals surface area (Å²) in [4.78, 5) is 47.1. The summed E-state index contributed by atoms with van der Waals surface area (Å²) in [6.07, 6.45) is 5.97. The van der Waals surface area contributed by atoms with Crippen molar-refractivity contribution in [2.75, 3.05) is 6.61 Å². The van der Waals surface area contributed by atoms with Crippen LogP contribution in [0.1, 0.15) is 40.0 Å². The first-order chi connectivity index (χ1) is 13.7. The second kappa shape index (κ2) is 10.0. The maximum atomic E-state index is 12.6. The SMILES string of the molecule is C=C1C(=O)OC2C=C(C)CCC=C(C=O)CC(OC(=O)C(C)=CCOC(C)=O)C12. The van der Waals surface area contributed by atoms with E-state index in [1.165, 1.54) is 19.9 Å². The van der Waals surface area contributed by atoms with Crippen LogP contribution in [-0.2, 0) is 33.4 Å². The number of hydrogen-bond donors (Lipinski definition) is 0. The third-order valence-corrected chi connectivity index (χ3v) is 4.90. The lowest BCUT2D eigenvalue weighted by atomic mass is 9.85. The van der Waals surface area contributed by atoms with Crippen molar-refractivity contribution >= 4 is 24.2 Å². The average Bonchev–Trinajstić information content (AvgIpc) is 2.92. The van der Waals surface area contributed by atoms with Gasteiger partial charge in [0.15, 0.2) is 0 Å². The van der Waals surface area contributed by atoms with E-state index in [2.05, 4.69) is 6.58 Å². The van der Waals surface area contributed by atoms with E-state index in [9.17, 15) is 19.2 Å². The summed E-state index contributed by atoms with van der Waals surface area (Å²) in [7, 11) is 0. The van der Waals surface area contributed by atoms with Crippen LogP contribution in [0.25, 0.3) is 0 Å². The molecule has 0 aromatic rings. The Morgan fingerprint density at radius 1 is 1.34 bits per heavy atom. The molecular weight excluding hydrogens is 376 g/mol. The fourth-order valence-electron chi connectivity index (χ4n) is 3.28. The van der Waals surface area contributed by atoms with E-state index in [0.29, 0.717) is 12.0 Å². The number of esters is 3.